The third-order valence-electron chi connectivity index (χ3n) is 3.66. The second kappa shape index (κ2) is 9.12. The van der Waals surface area contributed by atoms with Crippen LogP contribution in [0.25, 0.3) is 0 Å². The lowest BCUT2D eigenvalue weighted by Gasteiger charge is -2.15. The molecular weight excluding hydrogens is 453 g/mol. The quantitative estimate of drug-likeness (QED) is 0.660. The van der Waals surface area contributed by atoms with Crippen molar-refractivity contribution in [1.29, 1.82) is 0 Å². The Kier molecular flexibility index (Phi) is 7.28. The van der Waals surface area contributed by atoms with Crippen LogP contribution in [0.4, 0.5) is 14.5 Å². The summed E-state index contributed by atoms with van der Waals surface area (Å²) < 4.78 is 59.8. The molecule has 1 amide bonds. The average molecular weight is 469 g/mol. The number of rotatable bonds is 7. The Hall–Kier alpha value is -2.14. The van der Waals surface area contributed by atoms with E-state index < -0.39 is 22.5 Å². The number of amides is 1. The van der Waals surface area contributed by atoms with Gasteiger partial charge in [0.05, 0.1) is 22.7 Å². The predicted octanol–water partition coefficient (Wildman–Crippen LogP) is 4.11. The first-order valence-electron chi connectivity index (χ1n) is 7.83. The van der Waals surface area contributed by atoms with E-state index in [1.54, 1.807) is 0 Å². The highest BCUT2D eigenvalue weighted by atomic mass is 35.5. The second-order valence-electron chi connectivity index (χ2n) is 5.75. The van der Waals surface area contributed by atoms with Crippen LogP contribution in [0.1, 0.15) is 10.4 Å². The highest BCUT2D eigenvalue weighted by Crippen LogP contribution is 2.33. The fourth-order valence-electron chi connectivity index (χ4n) is 2.23. The lowest BCUT2D eigenvalue weighted by molar-refractivity contribution is -0.0512. The number of anilines is 1. The van der Waals surface area contributed by atoms with Crippen molar-refractivity contribution in [1.82, 2.24) is 4.31 Å². The topological polar surface area (TPSA) is 84.9 Å². The summed E-state index contributed by atoms with van der Waals surface area (Å²) in [6.45, 7) is -3.05. The number of ether oxygens (including phenoxy) is 2. The number of sulfonamides is 1. The van der Waals surface area contributed by atoms with Crippen LogP contribution in [0.2, 0.25) is 10.0 Å². The van der Waals surface area contributed by atoms with E-state index in [2.05, 4.69) is 10.1 Å². The molecule has 1 N–H and O–H groups in total. The smallest absolute Gasteiger partial charge is 0.387 e. The molecule has 12 heteroatoms. The van der Waals surface area contributed by atoms with Gasteiger partial charge >= 0.3 is 6.61 Å². The maximum absolute atomic E-state index is 12.6. The number of carbonyl (C=O) groups is 1. The molecule has 0 saturated carbocycles. The van der Waals surface area contributed by atoms with Crippen molar-refractivity contribution in [2.45, 2.75) is 11.5 Å². The molecule has 7 nitrogen and oxygen atoms in total. The van der Waals surface area contributed by atoms with Crippen LogP contribution in [0, 0.1) is 0 Å². The van der Waals surface area contributed by atoms with E-state index in [0.29, 0.717) is 0 Å². The predicted molar refractivity (Wildman–Crippen MR) is 105 cm³/mol. The van der Waals surface area contributed by atoms with Crippen molar-refractivity contribution in [3.63, 3.8) is 0 Å². The van der Waals surface area contributed by atoms with Crippen LogP contribution in [0.15, 0.2) is 35.2 Å². The lowest BCUT2D eigenvalue weighted by atomic mass is 10.2. The number of benzene rings is 2. The van der Waals surface area contributed by atoms with Gasteiger partial charge < -0.3 is 14.8 Å². The Morgan fingerprint density at radius 3 is 2.31 bits per heavy atom. The molecule has 2 rings (SSSR count). The van der Waals surface area contributed by atoms with Gasteiger partial charge in [-0.05, 0) is 24.3 Å². The zero-order valence-electron chi connectivity index (χ0n) is 15.4. The number of hydrogen-bond acceptors (Lipinski definition) is 5. The number of hydrogen-bond donors (Lipinski definition) is 1. The van der Waals surface area contributed by atoms with Gasteiger partial charge in [-0.1, -0.05) is 23.2 Å². The number of nitrogens with one attached hydrogen (secondary N) is 1. The summed E-state index contributed by atoms with van der Waals surface area (Å²) in [5.74, 6) is -1.00. The van der Waals surface area contributed by atoms with Crippen molar-refractivity contribution in [2.75, 3.05) is 26.5 Å². The number of methoxy groups -OCH3 is 1. The van der Waals surface area contributed by atoms with E-state index in [9.17, 15) is 22.0 Å². The van der Waals surface area contributed by atoms with Crippen molar-refractivity contribution in [2.24, 2.45) is 0 Å². The van der Waals surface area contributed by atoms with Crippen molar-refractivity contribution >= 4 is 44.8 Å². The lowest BCUT2D eigenvalue weighted by Crippen LogP contribution is -2.23. The van der Waals surface area contributed by atoms with Crippen molar-refractivity contribution < 1.29 is 31.5 Å². The van der Waals surface area contributed by atoms with Gasteiger partial charge in [-0.25, -0.2) is 12.7 Å². The van der Waals surface area contributed by atoms with Crippen LogP contribution in [0.3, 0.4) is 0 Å². The summed E-state index contributed by atoms with van der Waals surface area (Å²) in [5, 5.41) is 2.27. The van der Waals surface area contributed by atoms with E-state index in [0.717, 1.165) is 16.4 Å². The van der Waals surface area contributed by atoms with Crippen LogP contribution < -0.4 is 14.8 Å². The van der Waals surface area contributed by atoms with Crippen LogP contribution in [-0.2, 0) is 10.0 Å². The molecule has 0 heterocycles. The number of halogens is 4. The molecule has 158 valence electrons. The number of carbonyl (C=O) groups excluding carboxylic acids is 1. The molecule has 0 atom stereocenters. The highest BCUT2D eigenvalue weighted by molar-refractivity contribution is 7.89. The third-order valence-corrected chi connectivity index (χ3v) is 6.25. The van der Waals surface area contributed by atoms with Gasteiger partial charge in [0.15, 0.2) is 11.5 Å². The highest BCUT2D eigenvalue weighted by Gasteiger charge is 2.24. The Balaban J connectivity index is 2.39. The molecule has 0 aliphatic rings. The van der Waals surface area contributed by atoms with Crippen LogP contribution in [0.5, 0.6) is 11.5 Å². The van der Waals surface area contributed by atoms with E-state index in [-0.39, 0.29) is 37.7 Å². The van der Waals surface area contributed by atoms with Gasteiger partial charge in [-0.2, -0.15) is 8.78 Å². The second-order valence-corrected chi connectivity index (χ2v) is 8.68. The Bertz CT molecular complexity index is 1030. The van der Waals surface area contributed by atoms with Crippen molar-refractivity contribution in [3.05, 3.63) is 45.9 Å². The molecule has 0 fully saturated rings. The Labute approximate surface area is 176 Å². The largest absolute Gasteiger partial charge is 0.493 e. The Morgan fingerprint density at radius 2 is 1.76 bits per heavy atom. The molecule has 29 heavy (non-hydrogen) atoms. The zero-order valence-corrected chi connectivity index (χ0v) is 17.7. The molecular formula is C17H16Cl2F2N2O5S. The molecule has 0 bridgehead atoms. The normalized spacial score (nSPS) is 11.6. The summed E-state index contributed by atoms with van der Waals surface area (Å²) in [7, 11) is -0.0525. The Morgan fingerprint density at radius 1 is 1.10 bits per heavy atom. The van der Waals surface area contributed by atoms with E-state index >= 15 is 0 Å². The third kappa shape index (κ3) is 5.27. The first-order valence-corrected chi connectivity index (χ1v) is 10.0. The van der Waals surface area contributed by atoms with Gasteiger partial charge in [0.1, 0.15) is 4.90 Å². The SMILES string of the molecule is COc1cc(NC(=O)c2cc(S(=O)(=O)N(C)C)c(Cl)cc2Cl)ccc1OC(F)F. The van der Waals surface area contributed by atoms with Gasteiger partial charge in [0.25, 0.3) is 5.91 Å². The molecule has 0 spiro atoms. The first-order chi connectivity index (χ1) is 13.5. The molecule has 2 aromatic carbocycles. The minimum absolute atomic E-state index is 0.0406. The fourth-order valence-corrected chi connectivity index (χ4v) is 3.96. The monoisotopic (exact) mass is 468 g/mol. The van der Waals surface area contributed by atoms with E-state index in [4.69, 9.17) is 27.9 Å². The van der Waals surface area contributed by atoms with E-state index in [1.807, 2.05) is 0 Å². The maximum Gasteiger partial charge on any atom is 0.387 e. The fraction of sp³-hybridized carbons (Fsp3) is 0.235. The first kappa shape index (κ1) is 23.1. The van der Waals surface area contributed by atoms with Gasteiger partial charge in [0.2, 0.25) is 10.0 Å². The molecule has 0 radical (unpaired) electrons. The molecule has 0 aliphatic carbocycles. The van der Waals surface area contributed by atoms with Crippen LogP contribution >= 0.6 is 23.2 Å². The summed E-state index contributed by atoms with van der Waals surface area (Å²) in [4.78, 5) is 12.3. The van der Waals surface area contributed by atoms with Crippen molar-refractivity contribution in [3.8, 4) is 11.5 Å². The summed E-state index contributed by atoms with van der Waals surface area (Å²) in [5.41, 5.74) is 0.0277. The average Bonchev–Trinajstić information content (AvgIpc) is 2.62. The number of nitrogens with zero attached hydrogens (tertiary/aromatic N) is 1. The maximum atomic E-state index is 12.6. The molecule has 0 aromatic heterocycles. The van der Waals surface area contributed by atoms with Gasteiger partial charge in [-0.15, -0.1) is 0 Å². The number of alkyl halides is 2. The van der Waals surface area contributed by atoms with Crippen LogP contribution in [-0.4, -0.2) is 46.4 Å². The summed E-state index contributed by atoms with van der Waals surface area (Å²) in [6.07, 6.45) is 0. The summed E-state index contributed by atoms with van der Waals surface area (Å²) >= 11 is 12.0. The molecule has 0 unspecified atom stereocenters. The molecule has 0 saturated heterocycles. The zero-order chi connectivity index (χ0) is 21.9. The molecule has 2 aromatic rings. The van der Waals surface area contributed by atoms with Gasteiger partial charge in [-0.3, -0.25) is 4.79 Å². The minimum atomic E-state index is -3.93. The van der Waals surface area contributed by atoms with E-state index in [1.165, 1.54) is 39.4 Å². The standard InChI is InChI=1S/C17H16Cl2F2N2O5S/c1-23(2)29(25,26)15-7-10(11(18)8-12(15)19)16(24)22-9-4-5-13(28-17(20)21)14(6-9)27-3/h4-8,17H,1-3H3,(H,22,24). The van der Waals surface area contributed by atoms with Gasteiger partial charge in [0, 0.05) is 25.8 Å². The minimum Gasteiger partial charge on any atom is -0.493 e. The molecule has 0 aliphatic heterocycles. The summed E-state index contributed by atoms with van der Waals surface area (Å²) in [6, 6.07) is 5.96.